The topological polar surface area (TPSA) is 138 Å². The fraction of sp³-hybridized carbons (Fsp3) is 0.273. The van der Waals surface area contributed by atoms with Gasteiger partial charge in [-0.1, -0.05) is 12.1 Å². The van der Waals surface area contributed by atoms with Crippen molar-refractivity contribution in [2.45, 2.75) is 33.0 Å². The fourth-order valence-electron chi connectivity index (χ4n) is 3.57. The largest absolute Gasteiger partial charge is 0.421 e. The number of aromatic nitrogens is 3. The molecule has 0 spiro atoms. The van der Waals surface area contributed by atoms with E-state index in [2.05, 4.69) is 35.6 Å². The first kappa shape index (κ1) is 25.2. The second kappa shape index (κ2) is 9.60. The van der Waals surface area contributed by atoms with E-state index in [1.54, 1.807) is 25.1 Å². The van der Waals surface area contributed by atoms with E-state index in [0.29, 0.717) is 28.7 Å². The highest BCUT2D eigenvalue weighted by atomic mass is 32.2. The molecule has 0 atom stereocenters. The van der Waals surface area contributed by atoms with Gasteiger partial charge in [-0.2, -0.15) is 18.2 Å². The number of benzene rings is 1. The first-order chi connectivity index (χ1) is 17.0. The van der Waals surface area contributed by atoms with Crippen LogP contribution in [0.15, 0.2) is 36.8 Å². The summed E-state index contributed by atoms with van der Waals surface area (Å²) < 4.78 is 67.7. The summed E-state index contributed by atoms with van der Waals surface area (Å²) in [5, 5.41) is 8.19. The molecule has 0 radical (unpaired) electrons. The van der Waals surface area contributed by atoms with Crippen LogP contribution >= 0.6 is 0 Å². The smallest absolute Gasteiger partial charge is 0.365 e. The van der Waals surface area contributed by atoms with E-state index in [9.17, 15) is 26.4 Å². The van der Waals surface area contributed by atoms with Crippen LogP contribution in [0.25, 0.3) is 0 Å². The number of carbonyl (C=O) groups is 1. The minimum atomic E-state index is -4.75. The van der Waals surface area contributed by atoms with Crippen molar-refractivity contribution in [1.82, 2.24) is 15.0 Å². The normalized spacial score (nSPS) is 13.2. The molecule has 0 bridgehead atoms. The number of nitrogens with one attached hydrogen (secondary N) is 4. The molecule has 0 saturated heterocycles. The number of alkyl halides is 3. The average Bonchev–Trinajstić information content (AvgIpc) is 3.20. The number of fused-ring (bicyclic) bond motifs is 1. The summed E-state index contributed by atoms with van der Waals surface area (Å²) in [6.07, 6.45) is -1.10. The van der Waals surface area contributed by atoms with Gasteiger partial charge in [-0.05, 0) is 31.0 Å². The minimum absolute atomic E-state index is 0.130. The van der Waals surface area contributed by atoms with Gasteiger partial charge in [-0.3, -0.25) is 14.5 Å². The summed E-state index contributed by atoms with van der Waals surface area (Å²) in [7, 11) is -3.63. The van der Waals surface area contributed by atoms with Crippen molar-refractivity contribution in [3.8, 4) is 0 Å². The van der Waals surface area contributed by atoms with E-state index < -0.39 is 27.6 Å². The molecule has 4 rings (SSSR count). The molecule has 3 aromatic rings. The number of aryl methyl sites for hydroxylation is 1. The van der Waals surface area contributed by atoms with Crippen molar-refractivity contribution in [2.24, 2.45) is 0 Å². The summed E-state index contributed by atoms with van der Waals surface area (Å²) in [6.45, 7) is 2.90. The molecule has 4 N–H and O–H groups in total. The summed E-state index contributed by atoms with van der Waals surface area (Å²) in [4.78, 5) is 23.6. The molecule has 14 heteroatoms. The van der Waals surface area contributed by atoms with Crippen molar-refractivity contribution in [3.63, 3.8) is 0 Å². The minimum Gasteiger partial charge on any atom is -0.365 e. The maximum atomic E-state index is 13.7. The van der Waals surface area contributed by atoms with Crippen LogP contribution in [0.3, 0.4) is 0 Å². The van der Waals surface area contributed by atoms with Gasteiger partial charge in [-0.25, -0.2) is 13.4 Å². The predicted octanol–water partition coefficient (Wildman–Crippen LogP) is 3.81. The zero-order valence-electron chi connectivity index (χ0n) is 19.2. The number of sulfonamides is 1. The molecule has 36 heavy (non-hydrogen) atoms. The highest BCUT2D eigenvalue weighted by molar-refractivity contribution is 7.92. The second-order valence-corrected chi connectivity index (χ2v) is 10.0. The number of amides is 1. The fourth-order valence-corrected chi connectivity index (χ4v) is 4.32. The lowest BCUT2D eigenvalue weighted by molar-refractivity contribution is -0.137. The highest BCUT2D eigenvalue weighted by Crippen LogP contribution is 2.36. The van der Waals surface area contributed by atoms with Gasteiger partial charge in [0.15, 0.2) is 0 Å². The average molecular weight is 522 g/mol. The van der Waals surface area contributed by atoms with Gasteiger partial charge in [0.2, 0.25) is 21.9 Å². The molecule has 10 nitrogen and oxygen atoms in total. The molecule has 2 aromatic heterocycles. The molecule has 3 heterocycles. The zero-order valence-corrected chi connectivity index (χ0v) is 20.0. The van der Waals surface area contributed by atoms with Gasteiger partial charge in [0.1, 0.15) is 11.4 Å². The van der Waals surface area contributed by atoms with Crippen molar-refractivity contribution in [2.75, 3.05) is 26.4 Å². The number of pyridine rings is 1. The van der Waals surface area contributed by atoms with Gasteiger partial charge in [0.25, 0.3) is 0 Å². The van der Waals surface area contributed by atoms with E-state index in [0.717, 1.165) is 5.56 Å². The molecule has 1 aromatic carbocycles. The number of hydrogen-bond donors (Lipinski definition) is 4. The third-order valence-electron chi connectivity index (χ3n) is 5.40. The molecular formula is C22H22F3N7O3S. The monoisotopic (exact) mass is 521 g/mol. The Morgan fingerprint density at radius 3 is 2.67 bits per heavy atom. The van der Waals surface area contributed by atoms with Crippen LogP contribution in [-0.2, 0) is 34.0 Å². The lowest BCUT2D eigenvalue weighted by Gasteiger charge is -2.18. The summed E-state index contributed by atoms with van der Waals surface area (Å²) >= 11 is 0. The number of anilines is 5. The Hall–Kier alpha value is -3.94. The Morgan fingerprint density at radius 2 is 1.94 bits per heavy atom. The Kier molecular flexibility index (Phi) is 6.71. The number of halogens is 3. The molecule has 0 saturated carbocycles. The first-order valence-electron chi connectivity index (χ1n) is 10.8. The van der Waals surface area contributed by atoms with Crippen molar-refractivity contribution in [3.05, 3.63) is 59.0 Å². The van der Waals surface area contributed by atoms with Crippen molar-refractivity contribution < 1.29 is 26.4 Å². The molecule has 0 fully saturated rings. The van der Waals surface area contributed by atoms with Gasteiger partial charge >= 0.3 is 6.18 Å². The predicted molar refractivity (Wildman–Crippen MR) is 128 cm³/mol. The Morgan fingerprint density at radius 1 is 1.17 bits per heavy atom. The third kappa shape index (κ3) is 5.48. The van der Waals surface area contributed by atoms with Gasteiger partial charge in [-0.15, -0.1) is 0 Å². The number of carbonyl (C=O) groups excluding carboxylic acids is 1. The van der Waals surface area contributed by atoms with Crippen LogP contribution in [0.5, 0.6) is 0 Å². The first-order valence-corrected chi connectivity index (χ1v) is 12.4. The van der Waals surface area contributed by atoms with Gasteiger partial charge in [0.05, 0.1) is 29.2 Å². The Labute approximate surface area is 204 Å². The van der Waals surface area contributed by atoms with Crippen LogP contribution in [0.2, 0.25) is 0 Å². The molecule has 0 aliphatic carbocycles. The molecule has 1 aliphatic heterocycles. The van der Waals surface area contributed by atoms with E-state index in [1.807, 2.05) is 0 Å². The van der Waals surface area contributed by atoms with E-state index in [1.165, 1.54) is 19.3 Å². The number of para-hydroxylation sites is 1. The maximum Gasteiger partial charge on any atom is 0.421 e. The molecule has 1 aliphatic rings. The van der Waals surface area contributed by atoms with E-state index in [-0.39, 0.29) is 36.3 Å². The zero-order chi connectivity index (χ0) is 26.1. The molecular weight excluding hydrogens is 499 g/mol. The summed E-state index contributed by atoms with van der Waals surface area (Å²) in [5.74, 6) is -1.02. The second-order valence-electron chi connectivity index (χ2n) is 7.99. The quantitative estimate of drug-likeness (QED) is 0.351. The van der Waals surface area contributed by atoms with Crippen molar-refractivity contribution in [1.29, 1.82) is 0 Å². The summed E-state index contributed by atoms with van der Waals surface area (Å²) in [6, 6.07) is 5.11. The molecule has 0 unspecified atom stereocenters. The van der Waals surface area contributed by atoms with Gasteiger partial charge < -0.3 is 16.0 Å². The number of nitrogens with zero attached hydrogens (tertiary/aromatic N) is 3. The van der Waals surface area contributed by atoms with Crippen LogP contribution in [0, 0.1) is 6.92 Å². The molecule has 190 valence electrons. The maximum absolute atomic E-state index is 13.7. The van der Waals surface area contributed by atoms with Crippen molar-refractivity contribution >= 4 is 44.8 Å². The summed E-state index contributed by atoms with van der Waals surface area (Å²) in [5.41, 5.74) is 1.66. The molecule has 1 amide bonds. The SMILES string of the molecule is CCS(=O)(=O)Nc1c(C)cncc1CNc1nc(Nc2cccc3c2NC(=O)C3)ncc1C(F)(F)F. The van der Waals surface area contributed by atoms with Crippen LogP contribution in [-0.4, -0.2) is 35.0 Å². The Balaban J connectivity index is 1.64. The van der Waals surface area contributed by atoms with Gasteiger partial charge in [0, 0.05) is 30.7 Å². The standard InChI is InChI=1S/C22H22F3N7O3S/c1-3-36(34,35)32-18-12(2)8-26-9-14(18)10-27-20-15(22(23,24)25)11-28-21(31-20)29-16-6-4-5-13-7-17(33)30-19(13)16/h4-6,8-9,11H,3,7,10H2,1-2H3,(H,26,32)(H,30,33)(H2,27,28,29,31). The Bertz CT molecular complexity index is 1430. The van der Waals surface area contributed by atoms with Crippen LogP contribution in [0.1, 0.15) is 29.2 Å². The highest BCUT2D eigenvalue weighted by Gasteiger charge is 2.35. The van der Waals surface area contributed by atoms with E-state index >= 15 is 0 Å². The van der Waals surface area contributed by atoms with E-state index in [4.69, 9.17) is 0 Å². The number of rotatable bonds is 8. The van der Waals surface area contributed by atoms with Crippen LogP contribution < -0.4 is 20.7 Å². The lowest BCUT2D eigenvalue weighted by atomic mass is 10.1. The lowest BCUT2D eigenvalue weighted by Crippen LogP contribution is -2.18. The number of hydrogen-bond acceptors (Lipinski definition) is 8. The third-order valence-corrected chi connectivity index (χ3v) is 6.68. The van der Waals surface area contributed by atoms with Crippen LogP contribution in [0.4, 0.5) is 42.0 Å².